The van der Waals surface area contributed by atoms with E-state index in [0.29, 0.717) is 29.8 Å². The van der Waals surface area contributed by atoms with Crippen LogP contribution in [0.4, 0.5) is 0 Å². The number of carbonyl (C=O) groups excluding carboxylic acids is 1. The number of benzene rings is 2. The molecule has 2 aromatic carbocycles. The van der Waals surface area contributed by atoms with Gasteiger partial charge in [0.1, 0.15) is 0 Å². The molecule has 0 unspecified atom stereocenters. The Kier molecular flexibility index (Phi) is 9.52. The molecule has 0 aliphatic heterocycles. The monoisotopic (exact) mass is 558 g/mol. The van der Waals surface area contributed by atoms with Crippen LogP contribution in [-0.2, 0) is 17.4 Å². The Balaban J connectivity index is 1.38. The zero-order chi connectivity index (χ0) is 28.9. The summed E-state index contributed by atoms with van der Waals surface area (Å²) in [6.07, 6.45) is 4.77. The highest BCUT2D eigenvalue weighted by Crippen LogP contribution is 2.47. The lowest BCUT2D eigenvalue weighted by molar-refractivity contribution is 0.0783. The number of aromatic nitrogens is 1. The Morgan fingerprint density at radius 1 is 1.00 bits per heavy atom. The van der Waals surface area contributed by atoms with Gasteiger partial charge in [0.05, 0.1) is 25.5 Å². The molecule has 3 atom stereocenters. The van der Waals surface area contributed by atoms with Crippen LogP contribution in [0.25, 0.3) is 0 Å². The predicted octanol–water partition coefficient (Wildman–Crippen LogP) is 8.08. The van der Waals surface area contributed by atoms with Crippen LogP contribution >= 0.6 is 0 Å². The van der Waals surface area contributed by atoms with Crippen molar-refractivity contribution >= 4 is 14.2 Å². The minimum Gasteiger partial charge on any atom is -0.481 e. The third-order valence-corrected chi connectivity index (χ3v) is 13.3. The Morgan fingerprint density at radius 3 is 2.35 bits per heavy atom. The molecular weight excluding hydrogens is 512 g/mol. The summed E-state index contributed by atoms with van der Waals surface area (Å²) in [6, 6.07) is 24.6. The zero-order valence-electron chi connectivity index (χ0n) is 25.3. The van der Waals surface area contributed by atoms with Crippen molar-refractivity contribution in [3.8, 4) is 5.88 Å². The van der Waals surface area contributed by atoms with Crippen molar-refractivity contribution in [2.24, 2.45) is 11.8 Å². The number of rotatable bonds is 10. The van der Waals surface area contributed by atoms with E-state index in [-0.39, 0.29) is 17.0 Å². The first-order chi connectivity index (χ1) is 19.0. The number of ether oxygens (including phenoxy) is 1. The van der Waals surface area contributed by atoms with Crippen molar-refractivity contribution in [1.82, 2.24) is 9.88 Å². The van der Waals surface area contributed by atoms with Crippen molar-refractivity contribution in [3.63, 3.8) is 0 Å². The third kappa shape index (κ3) is 7.41. The van der Waals surface area contributed by atoms with Crippen LogP contribution in [-0.4, -0.2) is 38.3 Å². The van der Waals surface area contributed by atoms with Gasteiger partial charge in [-0.2, -0.15) is 0 Å². The molecule has 5 nitrogen and oxygen atoms in total. The Morgan fingerprint density at radius 2 is 1.70 bits per heavy atom. The number of amides is 1. The fraction of sp³-hybridized carbons (Fsp3) is 0.471. The lowest BCUT2D eigenvalue weighted by Gasteiger charge is -2.41. The lowest BCUT2D eigenvalue weighted by Crippen LogP contribution is -2.43. The SMILES string of the molecule is COc1cccc(CN(C)C(=O)c2ccc(C[C@@H]3CC[C@H]([C@H](O[Si](C)(C)C(C)(C)C)c4ccccc4)C3)cc2)n1. The van der Waals surface area contributed by atoms with Gasteiger partial charge in [-0.15, -0.1) is 0 Å². The zero-order valence-corrected chi connectivity index (χ0v) is 26.3. The standard InChI is InChI=1S/C34H46N2O3Si/c1-34(2,3)40(6,7)39-32(27-12-9-8-10-13-27)29-21-18-26(23-29)22-25-16-19-28(20-17-25)33(37)36(4)24-30-14-11-15-31(35-30)38-5/h8-17,19-20,26,29,32H,18,21-24H2,1-7H3/t26-,29-,32+/m0/s1. The molecule has 0 bridgehead atoms. The fourth-order valence-corrected chi connectivity index (χ4v) is 6.78. The van der Waals surface area contributed by atoms with Gasteiger partial charge in [-0.05, 0) is 85.0 Å². The molecule has 1 aromatic heterocycles. The number of carbonyl (C=O) groups is 1. The van der Waals surface area contributed by atoms with E-state index in [9.17, 15) is 4.79 Å². The maximum Gasteiger partial charge on any atom is 0.253 e. The van der Waals surface area contributed by atoms with Crippen LogP contribution in [0.3, 0.4) is 0 Å². The molecule has 40 heavy (non-hydrogen) atoms. The normalized spacial score (nSPS) is 18.4. The van der Waals surface area contributed by atoms with Gasteiger partial charge in [-0.1, -0.05) is 69.3 Å². The minimum absolute atomic E-state index is 0.00872. The van der Waals surface area contributed by atoms with E-state index in [1.165, 1.54) is 30.4 Å². The molecule has 3 aromatic rings. The number of methoxy groups -OCH3 is 1. The molecule has 0 radical (unpaired) electrons. The van der Waals surface area contributed by atoms with Crippen LogP contribution in [0, 0.1) is 11.8 Å². The summed E-state index contributed by atoms with van der Waals surface area (Å²) in [7, 11) is 1.49. The molecule has 0 spiro atoms. The molecule has 1 saturated carbocycles. The minimum atomic E-state index is -1.92. The second-order valence-corrected chi connectivity index (χ2v) is 17.6. The van der Waals surface area contributed by atoms with E-state index in [1.54, 1.807) is 18.1 Å². The van der Waals surface area contributed by atoms with Gasteiger partial charge in [-0.3, -0.25) is 4.79 Å². The quantitative estimate of drug-likeness (QED) is 0.236. The van der Waals surface area contributed by atoms with E-state index in [1.807, 2.05) is 31.3 Å². The highest BCUT2D eigenvalue weighted by molar-refractivity contribution is 6.74. The van der Waals surface area contributed by atoms with Gasteiger partial charge in [0.2, 0.25) is 5.88 Å². The van der Waals surface area contributed by atoms with E-state index in [0.717, 1.165) is 12.1 Å². The molecule has 6 heteroatoms. The maximum absolute atomic E-state index is 13.1. The molecule has 1 amide bonds. The molecular formula is C34H46N2O3Si. The molecule has 1 aliphatic rings. The molecule has 4 rings (SSSR count). The van der Waals surface area contributed by atoms with Gasteiger partial charge >= 0.3 is 0 Å². The van der Waals surface area contributed by atoms with Gasteiger partial charge in [0.15, 0.2) is 8.32 Å². The number of nitrogens with zero attached hydrogens (tertiary/aromatic N) is 2. The van der Waals surface area contributed by atoms with Crippen LogP contribution in [0.15, 0.2) is 72.8 Å². The van der Waals surface area contributed by atoms with E-state index in [2.05, 4.69) is 81.3 Å². The lowest BCUT2D eigenvalue weighted by atomic mass is 9.91. The Hall–Kier alpha value is -2.96. The van der Waals surface area contributed by atoms with Gasteiger partial charge in [0, 0.05) is 18.7 Å². The number of hydrogen-bond acceptors (Lipinski definition) is 4. The summed E-state index contributed by atoms with van der Waals surface area (Å²) in [5.41, 5.74) is 4.11. The molecule has 0 saturated heterocycles. The summed E-state index contributed by atoms with van der Waals surface area (Å²) in [6.45, 7) is 12.1. The molecule has 1 fully saturated rings. The van der Waals surface area contributed by atoms with Crippen LogP contribution in [0.5, 0.6) is 5.88 Å². The fourth-order valence-electron chi connectivity index (χ4n) is 5.46. The van der Waals surface area contributed by atoms with Crippen molar-refractivity contribution in [2.45, 2.75) is 77.2 Å². The molecule has 1 heterocycles. The smallest absolute Gasteiger partial charge is 0.253 e. The average molecular weight is 559 g/mol. The van der Waals surface area contributed by atoms with Crippen LogP contribution < -0.4 is 4.74 Å². The topological polar surface area (TPSA) is 51.7 Å². The summed E-state index contributed by atoms with van der Waals surface area (Å²) < 4.78 is 12.3. The number of pyridine rings is 1. The second-order valence-electron chi connectivity index (χ2n) is 12.9. The first-order valence-electron chi connectivity index (χ1n) is 14.5. The first-order valence-corrected chi connectivity index (χ1v) is 17.4. The van der Waals surface area contributed by atoms with Gasteiger partial charge in [-0.25, -0.2) is 4.98 Å². The van der Waals surface area contributed by atoms with Crippen molar-refractivity contribution in [2.75, 3.05) is 14.2 Å². The van der Waals surface area contributed by atoms with Crippen molar-refractivity contribution in [1.29, 1.82) is 0 Å². The highest BCUT2D eigenvalue weighted by atomic mass is 28.4. The molecule has 1 aliphatic carbocycles. The van der Waals surface area contributed by atoms with E-state index < -0.39 is 8.32 Å². The second kappa shape index (κ2) is 12.7. The molecule has 214 valence electrons. The van der Waals surface area contributed by atoms with Crippen molar-refractivity contribution in [3.05, 3.63) is 95.2 Å². The largest absolute Gasteiger partial charge is 0.481 e. The van der Waals surface area contributed by atoms with E-state index >= 15 is 0 Å². The Labute approximate surface area is 242 Å². The molecule has 0 N–H and O–H groups in total. The van der Waals surface area contributed by atoms with Crippen LogP contribution in [0.1, 0.15) is 73.3 Å². The van der Waals surface area contributed by atoms with Crippen molar-refractivity contribution < 1.29 is 14.0 Å². The van der Waals surface area contributed by atoms with Gasteiger partial charge in [0.25, 0.3) is 5.91 Å². The first kappa shape index (κ1) is 30.0. The average Bonchev–Trinajstić information content (AvgIpc) is 3.39. The summed E-state index contributed by atoms with van der Waals surface area (Å²) in [5.74, 6) is 1.70. The third-order valence-electron chi connectivity index (χ3n) is 8.83. The summed E-state index contributed by atoms with van der Waals surface area (Å²) in [4.78, 5) is 19.2. The summed E-state index contributed by atoms with van der Waals surface area (Å²) >= 11 is 0. The van der Waals surface area contributed by atoms with Gasteiger partial charge < -0.3 is 14.1 Å². The van der Waals surface area contributed by atoms with Crippen LogP contribution in [0.2, 0.25) is 18.1 Å². The Bertz CT molecular complexity index is 1250. The highest BCUT2D eigenvalue weighted by Gasteiger charge is 2.42. The van der Waals surface area contributed by atoms with E-state index in [4.69, 9.17) is 9.16 Å². The predicted molar refractivity (Wildman–Crippen MR) is 165 cm³/mol. The number of hydrogen-bond donors (Lipinski definition) is 0. The summed E-state index contributed by atoms with van der Waals surface area (Å²) in [5, 5.41) is 0.176. The maximum atomic E-state index is 13.1.